The summed E-state index contributed by atoms with van der Waals surface area (Å²) >= 11 is 3.31. The highest BCUT2D eigenvalue weighted by molar-refractivity contribution is 9.10. The largest absolute Gasteiger partial charge is 0.504 e. The van der Waals surface area contributed by atoms with Gasteiger partial charge in [-0.3, -0.25) is 4.79 Å². The minimum atomic E-state index is -0.834. The first-order valence-electron chi connectivity index (χ1n) is 5.31. The fraction of sp³-hybridized carbons (Fsp3) is 0.417. The number of carboxylic acid groups (broad SMARTS) is 1. The van der Waals surface area contributed by atoms with Crippen LogP contribution in [-0.2, 0) is 10.2 Å². The molecule has 0 aliphatic heterocycles. The Labute approximate surface area is 107 Å². The van der Waals surface area contributed by atoms with Crippen molar-refractivity contribution in [3.05, 3.63) is 22.2 Å². The maximum Gasteiger partial charge on any atom is 0.314 e. The summed E-state index contributed by atoms with van der Waals surface area (Å²) in [6.45, 7) is 0. The molecule has 0 radical (unpaired) electrons. The molecule has 17 heavy (non-hydrogen) atoms. The fourth-order valence-corrected chi connectivity index (χ4v) is 2.91. The molecule has 0 bridgehead atoms. The number of halogens is 1. The second-order valence-corrected chi connectivity index (χ2v) is 5.10. The Kier molecular flexibility index (Phi) is 3.03. The molecule has 0 amide bonds. The van der Waals surface area contributed by atoms with E-state index in [4.69, 9.17) is 4.74 Å². The molecule has 0 unspecified atom stereocenters. The molecule has 1 aliphatic carbocycles. The predicted molar refractivity (Wildman–Crippen MR) is 65.5 cm³/mol. The second-order valence-electron chi connectivity index (χ2n) is 4.24. The van der Waals surface area contributed by atoms with E-state index in [1.54, 1.807) is 6.07 Å². The topological polar surface area (TPSA) is 66.8 Å². The van der Waals surface area contributed by atoms with Crippen molar-refractivity contribution in [1.29, 1.82) is 0 Å². The molecule has 2 N–H and O–H groups in total. The van der Waals surface area contributed by atoms with Crippen molar-refractivity contribution in [1.82, 2.24) is 0 Å². The number of ether oxygens (including phenoxy) is 1. The van der Waals surface area contributed by atoms with E-state index < -0.39 is 11.4 Å². The van der Waals surface area contributed by atoms with Gasteiger partial charge in [-0.1, -0.05) is 22.4 Å². The van der Waals surface area contributed by atoms with Gasteiger partial charge in [0.15, 0.2) is 11.5 Å². The third-order valence-corrected chi connectivity index (χ3v) is 4.06. The summed E-state index contributed by atoms with van der Waals surface area (Å²) in [6.07, 6.45) is 2.14. The number of methoxy groups -OCH3 is 1. The Morgan fingerprint density at radius 3 is 2.53 bits per heavy atom. The van der Waals surface area contributed by atoms with Crippen molar-refractivity contribution in [3.63, 3.8) is 0 Å². The van der Waals surface area contributed by atoms with Crippen LogP contribution < -0.4 is 4.74 Å². The summed E-state index contributed by atoms with van der Waals surface area (Å²) in [5, 5.41) is 19.0. The lowest BCUT2D eigenvalue weighted by atomic mass is 9.64. The minimum absolute atomic E-state index is 0.00277. The molecule has 5 heteroatoms. The molecule has 2 rings (SSSR count). The van der Waals surface area contributed by atoms with E-state index in [0.29, 0.717) is 28.6 Å². The zero-order valence-electron chi connectivity index (χ0n) is 9.36. The van der Waals surface area contributed by atoms with Gasteiger partial charge in [0.1, 0.15) is 0 Å². The zero-order chi connectivity index (χ0) is 12.6. The quantitative estimate of drug-likeness (QED) is 0.900. The molecule has 1 saturated carbocycles. The van der Waals surface area contributed by atoms with Gasteiger partial charge in [-0.25, -0.2) is 0 Å². The molecule has 0 aromatic heterocycles. The van der Waals surface area contributed by atoms with E-state index in [9.17, 15) is 15.0 Å². The first-order chi connectivity index (χ1) is 8.01. The van der Waals surface area contributed by atoms with Gasteiger partial charge < -0.3 is 14.9 Å². The number of hydrogen-bond donors (Lipinski definition) is 2. The summed E-state index contributed by atoms with van der Waals surface area (Å²) in [4.78, 5) is 11.4. The number of carboxylic acids is 1. The average Bonchev–Trinajstić information content (AvgIpc) is 2.18. The molecule has 92 valence electrons. The van der Waals surface area contributed by atoms with Gasteiger partial charge in [-0.2, -0.15) is 0 Å². The smallest absolute Gasteiger partial charge is 0.314 e. The van der Waals surface area contributed by atoms with Gasteiger partial charge in [0.2, 0.25) is 0 Å². The monoisotopic (exact) mass is 300 g/mol. The molecule has 0 spiro atoms. The SMILES string of the molecule is COc1cc(C2(C(=O)O)CCC2)c(Br)cc1O. The molecule has 1 fully saturated rings. The molecular formula is C12H13BrO4. The number of phenolic OH excluding ortho intramolecular Hbond substituents is 1. The Balaban J connectivity index is 2.54. The predicted octanol–water partition coefficient (Wildman–Crippen LogP) is 2.67. The maximum absolute atomic E-state index is 11.4. The van der Waals surface area contributed by atoms with E-state index in [1.807, 2.05) is 0 Å². The van der Waals surface area contributed by atoms with Crippen LogP contribution in [0.4, 0.5) is 0 Å². The Bertz CT molecular complexity index is 466. The van der Waals surface area contributed by atoms with E-state index in [1.165, 1.54) is 13.2 Å². The van der Waals surface area contributed by atoms with Crippen molar-refractivity contribution in [2.75, 3.05) is 7.11 Å². The van der Waals surface area contributed by atoms with Crippen molar-refractivity contribution in [3.8, 4) is 11.5 Å². The van der Waals surface area contributed by atoms with Crippen molar-refractivity contribution in [2.45, 2.75) is 24.7 Å². The minimum Gasteiger partial charge on any atom is -0.504 e. The first kappa shape index (κ1) is 12.2. The summed E-state index contributed by atoms with van der Waals surface area (Å²) in [7, 11) is 1.45. The number of hydrogen-bond acceptors (Lipinski definition) is 3. The Hall–Kier alpha value is -1.23. The third kappa shape index (κ3) is 1.78. The summed E-state index contributed by atoms with van der Waals surface area (Å²) in [5.41, 5.74) is -0.161. The van der Waals surface area contributed by atoms with Gasteiger partial charge in [-0.05, 0) is 30.5 Å². The number of benzene rings is 1. The first-order valence-corrected chi connectivity index (χ1v) is 6.11. The maximum atomic E-state index is 11.4. The van der Waals surface area contributed by atoms with Gasteiger partial charge in [0, 0.05) is 4.47 Å². The van der Waals surface area contributed by atoms with Crippen LogP contribution in [-0.4, -0.2) is 23.3 Å². The lowest BCUT2D eigenvalue weighted by molar-refractivity contribution is -0.147. The van der Waals surface area contributed by atoms with Crippen LogP contribution in [0, 0.1) is 0 Å². The van der Waals surface area contributed by atoms with Crippen molar-refractivity contribution in [2.24, 2.45) is 0 Å². The van der Waals surface area contributed by atoms with Crippen LogP contribution in [0.25, 0.3) is 0 Å². The lowest BCUT2D eigenvalue weighted by Crippen LogP contribution is -2.42. The van der Waals surface area contributed by atoms with E-state index in [-0.39, 0.29) is 5.75 Å². The third-order valence-electron chi connectivity index (χ3n) is 3.40. The van der Waals surface area contributed by atoms with Gasteiger partial charge in [0.25, 0.3) is 0 Å². The Morgan fingerprint density at radius 1 is 1.47 bits per heavy atom. The van der Waals surface area contributed by atoms with Crippen LogP contribution in [0.15, 0.2) is 16.6 Å². The summed E-state index contributed by atoms with van der Waals surface area (Å²) < 4.78 is 5.63. The van der Waals surface area contributed by atoms with Crippen molar-refractivity contribution < 1.29 is 19.7 Å². The standard InChI is InChI=1S/C12H13BrO4/c1-17-10-5-7(8(13)6-9(10)14)12(11(15)16)3-2-4-12/h5-6,14H,2-4H2,1H3,(H,15,16). The fourth-order valence-electron chi connectivity index (χ4n) is 2.20. The summed E-state index contributed by atoms with van der Waals surface area (Å²) in [5.74, 6) is -0.518. The zero-order valence-corrected chi connectivity index (χ0v) is 11.0. The van der Waals surface area contributed by atoms with E-state index in [2.05, 4.69) is 15.9 Å². The highest BCUT2D eigenvalue weighted by Crippen LogP contribution is 2.48. The van der Waals surface area contributed by atoms with Gasteiger partial charge >= 0.3 is 5.97 Å². The average molecular weight is 301 g/mol. The van der Waals surface area contributed by atoms with Crippen LogP contribution in [0.3, 0.4) is 0 Å². The highest BCUT2D eigenvalue weighted by atomic mass is 79.9. The number of carbonyl (C=O) groups is 1. The summed E-state index contributed by atoms with van der Waals surface area (Å²) in [6, 6.07) is 3.09. The van der Waals surface area contributed by atoms with Gasteiger partial charge in [-0.15, -0.1) is 0 Å². The number of aliphatic carboxylic acids is 1. The molecule has 0 saturated heterocycles. The molecule has 0 heterocycles. The van der Waals surface area contributed by atoms with Crippen LogP contribution in [0.1, 0.15) is 24.8 Å². The van der Waals surface area contributed by atoms with Crippen LogP contribution in [0.5, 0.6) is 11.5 Å². The molecule has 1 aromatic rings. The second kappa shape index (κ2) is 4.22. The van der Waals surface area contributed by atoms with E-state index >= 15 is 0 Å². The number of phenols is 1. The Morgan fingerprint density at radius 2 is 2.12 bits per heavy atom. The van der Waals surface area contributed by atoms with E-state index in [0.717, 1.165) is 6.42 Å². The molecule has 1 aliphatic rings. The van der Waals surface area contributed by atoms with Gasteiger partial charge in [0.05, 0.1) is 12.5 Å². The van der Waals surface area contributed by atoms with Crippen LogP contribution >= 0.6 is 15.9 Å². The highest BCUT2D eigenvalue weighted by Gasteiger charge is 2.47. The van der Waals surface area contributed by atoms with Crippen molar-refractivity contribution >= 4 is 21.9 Å². The normalized spacial score (nSPS) is 17.3. The molecule has 1 aromatic carbocycles. The number of aromatic hydroxyl groups is 1. The lowest BCUT2D eigenvalue weighted by Gasteiger charge is -2.38. The molecular weight excluding hydrogens is 288 g/mol. The molecule has 0 atom stereocenters. The number of rotatable bonds is 3. The van der Waals surface area contributed by atoms with Crippen LogP contribution in [0.2, 0.25) is 0 Å². The molecule has 4 nitrogen and oxygen atoms in total.